The maximum atomic E-state index is 11.1. The van der Waals surface area contributed by atoms with Crippen LogP contribution in [-0.4, -0.2) is 34.6 Å². The van der Waals surface area contributed by atoms with Crippen molar-refractivity contribution in [2.24, 2.45) is 0 Å². The van der Waals surface area contributed by atoms with Gasteiger partial charge in [0.1, 0.15) is 6.04 Å². The Morgan fingerprint density at radius 3 is 2.61 bits per heavy atom. The Bertz CT molecular complexity index is 387. The van der Waals surface area contributed by atoms with Crippen LogP contribution in [0, 0.1) is 0 Å². The Labute approximate surface area is 108 Å². The minimum Gasteiger partial charge on any atom is -0.480 e. The summed E-state index contributed by atoms with van der Waals surface area (Å²) in [7, 11) is 0. The molecule has 0 aliphatic heterocycles. The van der Waals surface area contributed by atoms with Crippen LogP contribution in [0.5, 0.6) is 0 Å². The summed E-state index contributed by atoms with van der Waals surface area (Å²) >= 11 is 0. The molecule has 1 saturated carbocycles. The molecule has 1 aliphatic carbocycles. The predicted molar refractivity (Wildman–Crippen MR) is 71.6 cm³/mol. The van der Waals surface area contributed by atoms with Gasteiger partial charge in [-0.15, -0.1) is 0 Å². The smallest absolute Gasteiger partial charge is 0.320 e. The molecular weight excluding hydrogens is 226 g/mol. The number of carboxylic acid groups (broad SMARTS) is 1. The lowest BCUT2D eigenvalue weighted by Gasteiger charge is -2.26. The number of nitrogens with zero attached hydrogens (tertiary/aromatic N) is 1. The molecular formula is C15H21NO2. The van der Waals surface area contributed by atoms with E-state index >= 15 is 0 Å². The van der Waals surface area contributed by atoms with Gasteiger partial charge in [0.15, 0.2) is 0 Å². The predicted octanol–water partition coefficient (Wildman–Crippen LogP) is 2.56. The van der Waals surface area contributed by atoms with Crippen LogP contribution in [0.1, 0.15) is 31.7 Å². The van der Waals surface area contributed by atoms with Crippen LogP contribution >= 0.6 is 0 Å². The fourth-order valence-corrected chi connectivity index (χ4v) is 2.35. The van der Waals surface area contributed by atoms with Gasteiger partial charge < -0.3 is 5.11 Å². The molecule has 98 valence electrons. The van der Waals surface area contributed by atoms with E-state index in [0.29, 0.717) is 6.04 Å². The number of carboxylic acids is 1. The van der Waals surface area contributed by atoms with Crippen molar-refractivity contribution in [3.8, 4) is 0 Å². The molecule has 0 saturated heterocycles. The van der Waals surface area contributed by atoms with E-state index in [2.05, 4.69) is 17.0 Å². The highest BCUT2D eigenvalue weighted by molar-refractivity contribution is 5.73. The molecule has 2 rings (SSSR count). The van der Waals surface area contributed by atoms with Crippen molar-refractivity contribution in [1.82, 2.24) is 4.90 Å². The van der Waals surface area contributed by atoms with Crippen LogP contribution in [0.15, 0.2) is 30.3 Å². The minimum atomic E-state index is -0.707. The largest absolute Gasteiger partial charge is 0.480 e. The molecule has 3 heteroatoms. The second kappa shape index (κ2) is 6.01. The normalized spacial score (nSPS) is 16.8. The van der Waals surface area contributed by atoms with Crippen molar-refractivity contribution in [3.63, 3.8) is 0 Å². The SMILES string of the molecule is CC(C(=O)O)N(CCCc1ccccc1)C1CC1. The summed E-state index contributed by atoms with van der Waals surface area (Å²) < 4.78 is 0. The third-order valence-electron chi connectivity index (χ3n) is 3.60. The number of aliphatic carboxylic acids is 1. The summed E-state index contributed by atoms with van der Waals surface area (Å²) in [5.74, 6) is -0.707. The highest BCUT2D eigenvalue weighted by Gasteiger charge is 2.34. The van der Waals surface area contributed by atoms with Crippen molar-refractivity contribution in [1.29, 1.82) is 0 Å². The molecule has 1 aliphatic rings. The number of aryl methyl sites for hydroxylation is 1. The average molecular weight is 247 g/mol. The lowest BCUT2D eigenvalue weighted by Crippen LogP contribution is -2.41. The van der Waals surface area contributed by atoms with Crippen molar-refractivity contribution in [2.75, 3.05) is 6.54 Å². The molecule has 0 heterocycles. The first kappa shape index (κ1) is 13.1. The van der Waals surface area contributed by atoms with Gasteiger partial charge in [-0.1, -0.05) is 30.3 Å². The van der Waals surface area contributed by atoms with E-state index in [1.165, 1.54) is 5.56 Å². The summed E-state index contributed by atoms with van der Waals surface area (Å²) in [4.78, 5) is 13.2. The number of benzene rings is 1. The van der Waals surface area contributed by atoms with Crippen molar-refractivity contribution in [3.05, 3.63) is 35.9 Å². The zero-order chi connectivity index (χ0) is 13.0. The molecule has 1 aromatic rings. The van der Waals surface area contributed by atoms with E-state index in [0.717, 1.165) is 32.2 Å². The van der Waals surface area contributed by atoms with Gasteiger partial charge in [0, 0.05) is 6.04 Å². The number of carbonyl (C=O) groups is 1. The molecule has 0 bridgehead atoms. The lowest BCUT2D eigenvalue weighted by molar-refractivity contribution is -0.142. The van der Waals surface area contributed by atoms with Crippen LogP contribution in [0.2, 0.25) is 0 Å². The molecule has 1 unspecified atom stereocenters. The van der Waals surface area contributed by atoms with Gasteiger partial charge in [-0.05, 0) is 44.7 Å². The zero-order valence-electron chi connectivity index (χ0n) is 10.9. The average Bonchev–Trinajstić information content (AvgIpc) is 3.19. The van der Waals surface area contributed by atoms with Gasteiger partial charge in [0.25, 0.3) is 0 Å². The highest BCUT2D eigenvalue weighted by Crippen LogP contribution is 2.29. The van der Waals surface area contributed by atoms with E-state index < -0.39 is 5.97 Å². The monoisotopic (exact) mass is 247 g/mol. The molecule has 1 fully saturated rings. The van der Waals surface area contributed by atoms with Gasteiger partial charge in [-0.3, -0.25) is 9.69 Å². The summed E-state index contributed by atoms with van der Waals surface area (Å²) in [5, 5.41) is 9.10. The Morgan fingerprint density at radius 2 is 2.06 bits per heavy atom. The standard InChI is InChI=1S/C15H21NO2/c1-12(15(17)18)16(14-9-10-14)11-5-8-13-6-3-2-4-7-13/h2-4,6-7,12,14H,5,8-11H2,1H3,(H,17,18). The molecule has 0 spiro atoms. The number of hydrogen-bond acceptors (Lipinski definition) is 2. The Balaban J connectivity index is 1.81. The van der Waals surface area contributed by atoms with Crippen molar-refractivity contribution >= 4 is 5.97 Å². The minimum absolute atomic E-state index is 0.353. The topological polar surface area (TPSA) is 40.5 Å². The molecule has 1 N–H and O–H groups in total. The second-order valence-electron chi connectivity index (χ2n) is 5.07. The Kier molecular flexibility index (Phi) is 4.37. The summed E-state index contributed by atoms with van der Waals surface area (Å²) in [6.45, 7) is 2.68. The molecule has 0 aromatic heterocycles. The first-order valence-electron chi connectivity index (χ1n) is 6.71. The number of rotatable bonds is 7. The summed E-state index contributed by atoms with van der Waals surface area (Å²) in [6.07, 6.45) is 4.36. The molecule has 0 amide bonds. The fourth-order valence-electron chi connectivity index (χ4n) is 2.35. The fraction of sp³-hybridized carbons (Fsp3) is 0.533. The first-order valence-corrected chi connectivity index (χ1v) is 6.71. The van der Waals surface area contributed by atoms with Crippen LogP contribution in [0.25, 0.3) is 0 Å². The van der Waals surface area contributed by atoms with Crippen molar-refractivity contribution < 1.29 is 9.90 Å². The van der Waals surface area contributed by atoms with Gasteiger partial charge >= 0.3 is 5.97 Å². The van der Waals surface area contributed by atoms with Crippen LogP contribution in [0.3, 0.4) is 0 Å². The summed E-state index contributed by atoms with van der Waals surface area (Å²) in [6, 6.07) is 10.5. The Hall–Kier alpha value is -1.35. The van der Waals surface area contributed by atoms with Gasteiger partial charge in [-0.25, -0.2) is 0 Å². The first-order chi connectivity index (χ1) is 8.68. The van der Waals surface area contributed by atoms with Crippen LogP contribution in [0.4, 0.5) is 0 Å². The van der Waals surface area contributed by atoms with Crippen LogP contribution in [-0.2, 0) is 11.2 Å². The quantitative estimate of drug-likeness (QED) is 0.805. The lowest BCUT2D eigenvalue weighted by atomic mass is 10.1. The molecule has 1 atom stereocenters. The number of hydrogen-bond donors (Lipinski definition) is 1. The van der Waals surface area contributed by atoms with Gasteiger partial charge in [0.2, 0.25) is 0 Å². The van der Waals surface area contributed by atoms with E-state index in [4.69, 9.17) is 5.11 Å². The van der Waals surface area contributed by atoms with E-state index in [-0.39, 0.29) is 6.04 Å². The molecule has 18 heavy (non-hydrogen) atoms. The third kappa shape index (κ3) is 3.57. The molecule has 3 nitrogen and oxygen atoms in total. The molecule has 1 aromatic carbocycles. The third-order valence-corrected chi connectivity index (χ3v) is 3.60. The molecule has 0 radical (unpaired) electrons. The van der Waals surface area contributed by atoms with Gasteiger partial charge in [-0.2, -0.15) is 0 Å². The van der Waals surface area contributed by atoms with E-state index in [1.807, 2.05) is 18.2 Å². The highest BCUT2D eigenvalue weighted by atomic mass is 16.4. The van der Waals surface area contributed by atoms with Crippen molar-refractivity contribution in [2.45, 2.75) is 44.7 Å². The second-order valence-corrected chi connectivity index (χ2v) is 5.07. The van der Waals surface area contributed by atoms with Gasteiger partial charge in [0.05, 0.1) is 0 Å². The maximum Gasteiger partial charge on any atom is 0.320 e. The Morgan fingerprint density at radius 1 is 1.39 bits per heavy atom. The zero-order valence-corrected chi connectivity index (χ0v) is 10.9. The van der Waals surface area contributed by atoms with Crippen LogP contribution < -0.4 is 0 Å². The van der Waals surface area contributed by atoms with E-state index in [9.17, 15) is 4.79 Å². The summed E-state index contributed by atoms with van der Waals surface area (Å²) in [5.41, 5.74) is 1.33. The maximum absolute atomic E-state index is 11.1. The van der Waals surface area contributed by atoms with E-state index in [1.54, 1.807) is 6.92 Å².